The molecule has 0 bridgehead atoms. The number of morpholine rings is 1. The topological polar surface area (TPSA) is 53.6 Å². The molecule has 1 saturated carbocycles. The lowest BCUT2D eigenvalue weighted by Crippen LogP contribution is -2.35. The number of carbonyl (C=O) groups excluding carboxylic acids is 1. The van der Waals surface area contributed by atoms with E-state index in [0.717, 1.165) is 38.5 Å². The molecule has 5 nitrogen and oxygen atoms in total. The van der Waals surface area contributed by atoms with Crippen molar-refractivity contribution < 1.29 is 9.53 Å². The number of rotatable bonds is 6. The van der Waals surface area contributed by atoms with Crippen molar-refractivity contribution in [1.82, 2.24) is 10.2 Å². The van der Waals surface area contributed by atoms with Gasteiger partial charge in [-0.1, -0.05) is 12.1 Å². The Morgan fingerprint density at radius 2 is 1.90 bits per heavy atom. The largest absolute Gasteiger partial charge is 0.379 e. The average Bonchev–Trinajstić information content (AvgIpc) is 3.33. The lowest BCUT2D eigenvalue weighted by Gasteiger charge is -2.26. The Morgan fingerprint density at radius 3 is 2.57 bits per heavy atom. The van der Waals surface area contributed by atoms with Crippen LogP contribution in [0.4, 0.5) is 5.69 Å². The molecule has 1 saturated heterocycles. The molecule has 0 atom stereocenters. The summed E-state index contributed by atoms with van der Waals surface area (Å²) in [4.78, 5) is 14.1. The molecule has 1 aromatic carbocycles. The first-order valence-corrected chi connectivity index (χ1v) is 7.72. The summed E-state index contributed by atoms with van der Waals surface area (Å²) >= 11 is 0. The van der Waals surface area contributed by atoms with Gasteiger partial charge in [0.15, 0.2) is 0 Å². The van der Waals surface area contributed by atoms with E-state index in [1.54, 1.807) is 0 Å². The molecular weight excluding hydrogens is 266 g/mol. The number of benzene rings is 1. The van der Waals surface area contributed by atoms with Gasteiger partial charge in [-0.05, 0) is 30.5 Å². The van der Waals surface area contributed by atoms with Crippen LogP contribution in [0.15, 0.2) is 24.3 Å². The summed E-state index contributed by atoms with van der Waals surface area (Å²) in [5.74, 6) is 0.0304. The van der Waals surface area contributed by atoms with Gasteiger partial charge in [-0.15, -0.1) is 0 Å². The van der Waals surface area contributed by atoms with Gasteiger partial charge in [0.1, 0.15) is 0 Å². The fraction of sp³-hybridized carbons (Fsp3) is 0.562. The summed E-state index contributed by atoms with van der Waals surface area (Å²) in [6, 6.07) is 8.68. The van der Waals surface area contributed by atoms with Gasteiger partial charge in [0.2, 0.25) is 5.91 Å². The fourth-order valence-corrected chi connectivity index (χ4v) is 2.44. The lowest BCUT2D eigenvalue weighted by molar-refractivity contribution is -0.115. The zero-order chi connectivity index (χ0) is 14.5. The number of hydrogen-bond donors (Lipinski definition) is 2. The summed E-state index contributed by atoms with van der Waals surface area (Å²) in [7, 11) is 0. The third kappa shape index (κ3) is 4.81. The number of amides is 1. The van der Waals surface area contributed by atoms with Crippen LogP contribution in [0.1, 0.15) is 18.4 Å². The van der Waals surface area contributed by atoms with Crippen molar-refractivity contribution in [3.05, 3.63) is 29.8 Å². The number of nitrogens with one attached hydrogen (secondary N) is 2. The zero-order valence-corrected chi connectivity index (χ0v) is 12.3. The molecule has 0 aromatic heterocycles. The second-order valence-corrected chi connectivity index (χ2v) is 5.79. The van der Waals surface area contributed by atoms with Crippen molar-refractivity contribution in [3.63, 3.8) is 0 Å². The first-order chi connectivity index (χ1) is 10.3. The minimum absolute atomic E-state index is 0.0304. The van der Waals surface area contributed by atoms with Gasteiger partial charge in [-0.3, -0.25) is 9.69 Å². The maximum absolute atomic E-state index is 11.8. The van der Waals surface area contributed by atoms with Crippen LogP contribution >= 0.6 is 0 Å². The van der Waals surface area contributed by atoms with Crippen molar-refractivity contribution in [2.75, 3.05) is 38.2 Å². The van der Waals surface area contributed by atoms with Crippen LogP contribution in [0.25, 0.3) is 0 Å². The summed E-state index contributed by atoms with van der Waals surface area (Å²) in [5, 5.41) is 6.13. The van der Waals surface area contributed by atoms with E-state index in [0.29, 0.717) is 12.6 Å². The van der Waals surface area contributed by atoms with Gasteiger partial charge in [0.05, 0.1) is 19.8 Å². The summed E-state index contributed by atoms with van der Waals surface area (Å²) in [6.07, 6.45) is 2.40. The molecule has 2 N–H and O–H groups in total. The van der Waals surface area contributed by atoms with Crippen LogP contribution in [0.2, 0.25) is 0 Å². The van der Waals surface area contributed by atoms with Crippen molar-refractivity contribution in [2.45, 2.75) is 25.4 Å². The molecule has 1 heterocycles. The Labute approximate surface area is 125 Å². The fourth-order valence-electron chi connectivity index (χ4n) is 2.44. The number of ether oxygens (including phenoxy) is 1. The number of anilines is 1. The van der Waals surface area contributed by atoms with E-state index in [9.17, 15) is 4.79 Å². The minimum Gasteiger partial charge on any atom is -0.379 e. The molecule has 0 unspecified atom stereocenters. The quantitative estimate of drug-likeness (QED) is 0.826. The first kappa shape index (κ1) is 14.5. The molecule has 21 heavy (non-hydrogen) atoms. The van der Waals surface area contributed by atoms with E-state index >= 15 is 0 Å². The van der Waals surface area contributed by atoms with Crippen LogP contribution in [-0.2, 0) is 16.1 Å². The molecule has 2 aliphatic rings. The number of nitrogens with zero attached hydrogens (tertiary/aromatic N) is 1. The monoisotopic (exact) mass is 289 g/mol. The zero-order valence-electron chi connectivity index (χ0n) is 12.3. The summed E-state index contributed by atoms with van der Waals surface area (Å²) in [6.45, 7) is 4.97. The lowest BCUT2D eigenvalue weighted by atomic mass is 10.2. The molecule has 2 fully saturated rings. The molecule has 3 rings (SSSR count). The van der Waals surface area contributed by atoms with Crippen LogP contribution in [0, 0.1) is 0 Å². The van der Waals surface area contributed by atoms with Crippen LogP contribution < -0.4 is 10.6 Å². The van der Waals surface area contributed by atoms with E-state index < -0.39 is 0 Å². The SMILES string of the molecule is O=C(CNC1CC1)Nc1ccc(CN2CCOCC2)cc1. The highest BCUT2D eigenvalue weighted by molar-refractivity contribution is 5.92. The van der Waals surface area contributed by atoms with Crippen molar-refractivity contribution in [2.24, 2.45) is 0 Å². The van der Waals surface area contributed by atoms with E-state index in [1.165, 1.54) is 18.4 Å². The predicted octanol–water partition coefficient (Wildman–Crippen LogP) is 1.21. The third-order valence-corrected chi connectivity index (χ3v) is 3.88. The first-order valence-electron chi connectivity index (χ1n) is 7.72. The second kappa shape index (κ2) is 7.02. The maximum Gasteiger partial charge on any atom is 0.238 e. The standard InChI is InChI=1S/C16H23N3O2/c20-16(11-17-14-5-6-14)18-15-3-1-13(2-4-15)12-19-7-9-21-10-8-19/h1-4,14,17H,5-12H2,(H,18,20). The molecular formula is C16H23N3O2. The van der Waals surface area contributed by atoms with Crippen LogP contribution in [0.5, 0.6) is 0 Å². The van der Waals surface area contributed by atoms with Gasteiger partial charge in [-0.2, -0.15) is 0 Å². The Hall–Kier alpha value is -1.43. The molecule has 1 aliphatic heterocycles. The van der Waals surface area contributed by atoms with E-state index in [2.05, 4.69) is 27.7 Å². The van der Waals surface area contributed by atoms with Gasteiger partial charge in [-0.25, -0.2) is 0 Å². The minimum atomic E-state index is 0.0304. The molecule has 5 heteroatoms. The Kier molecular flexibility index (Phi) is 4.85. The summed E-state index contributed by atoms with van der Waals surface area (Å²) in [5.41, 5.74) is 2.13. The summed E-state index contributed by atoms with van der Waals surface area (Å²) < 4.78 is 5.35. The van der Waals surface area contributed by atoms with E-state index in [1.807, 2.05) is 12.1 Å². The highest BCUT2D eigenvalue weighted by atomic mass is 16.5. The van der Waals surface area contributed by atoms with Gasteiger partial charge < -0.3 is 15.4 Å². The Morgan fingerprint density at radius 1 is 1.19 bits per heavy atom. The smallest absolute Gasteiger partial charge is 0.238 e. The Balaban J connectivity index is 1.45. The number of hydrogen-bond acceptors (Lipinski definition) is 4. The maximum atomic E-state index is 11.8. The van der Waals surface area contributed by atoms with Crippen molar-refractivity contribution in [1.29, 1.82) is 0 Å². The molecule has 0 spiro atoms. The van der Waals surface area contributed by atoms with Crippen LogP contribution in [-0.4, -0.2) is 49.7 Å². The molecule has 1 aliphatic carbocycles. The highest BCUT2D eigenvalue weighted by Gasteiger charge is 2.21. The molecule has 1 aromatic rings. The predicted molar refractivity (Wildman–Crippen MR) is 82.2 cm³/mol. The molecule has 0 radical (unpaired) electrons. The van der Waals surface area contributed by atoms with Crippen molar-refractivity contribution >= 4 is 11.6 Å². The molecule has 114 valence electrons. The Bertz CT molecular complexity index is 465. The normalized spacial score (nSPS) is 19.4. The van der Waals surface area contributed by atoms with Gasteiger partial charge in [0, 0.05) is 31.4 Å². The van der Waals surface area contributed by atoms with Gasteiger partial charge in [0.25, 0.3) is 0 Å². The van der Waals surface area contributed by atoms with Crippen LogP contribution in [0.3, 0.4) is 0 Å². The second-order valence-electron chi connectivity index (χ2n) is 5.79. The highest BCUT2D eigenvalue weighted by Crippen LogP contribution is 2.18. The average molecular weight is 289 g/mol. The third-order valence-electron chi connectivity index (χ3n) is 3.88. The van der Waals surface area contributed by atoms with Crippen molar-refractivity contribution in [3.8, 4) is 0 Å². The number of carbonyl (C=O) groups is 1. The molecule has 1 amide bonds. The van der Waals surface area contributed by atoms with Gasteiger partial charge >= 0.3 is 0 Å². The van der Waals surface area contributed by atoms with E-state index in [4.69, 9.17) is 4.74 Å². The van der Waals surface area contributed by atoms with E-state index in [-0.39, 0.29) is 5.91 Å².